The molecule has 1 amide bonds. The molecule has 0 aliphatic carbocycles. The van der Waals surface area contributed by atoms with Gasteiger partial charge in [-0.3, -0.25) is 19.7 Å². The number of nitro groups is 1. The fourth-order valence-electron chi connectivity index (χ4n) is 2.61. The van der Waals surface area contributed by atoms with Crippen LogP contribution in [-0.2, 0) is 0 Å². The van der Waals surface area contributed by atoms with Gasteiger partial charge in [0.2, 0.25) is 0 Å². The fourth-order valence-corrected chi connectivity index (χ4v) is 2.95. The number of hydrogen-bond donors (Lipinski definition) is 1. The minimum atomic E-state index is -0.733. The SMILES string of the molecule is O=C(Nc1ccc(Cl)cc1F)c1ccccc1C(=O)c1ccc(Cl)c([N+](=O)[O-])c1. The second-order valence-corrected chi connectivity index (χ2v) is 6.72. The zero-order chi connectivity index (χ0) is 21.1. The molecular formula is C20H11Cl2FN2O4. The smallest absolute Gasteiger partial charge is 0.288 e. The third kappa shape index (κ3) is 4.42. The first-order chi connectivity index (χ1) is 13.8. The summed E-state index contributed by atoms with van der Waals surface area (Å²) < 4.78 is 14.0. The maximum atomic E-state index is 14.0. The number of benzene rings is 3. The number of rotatable bonds is 5. The normalized spacial score (nSPS) is 10.4. The highest BCUT2D eigenvalue weighted by molar-refractivity contribution is 6.33. The Morgan fingerprint density at radius 1 is 0.966 bits per heavy atom. The molecule has 0 saturated carbocycles. The van der Waals surface area contributed by atoms with E-state index in [1.807, 2.05) is 0 Å². The minimum Gasteiger partial charge on any atom is -0.319 e. The van der Waals surface area contributed by atoms with Gasteiger partial charge in [-0.1, -0.05) is 41.4 Å². The maximum Gasteiger partial charge on any atom is 0.288 e. The number of nitrogens with zero attached hydrogens (tertiary/aromatic N) is 1. The fraction of sp³-hybridized carbons (Fsp3) is 0. The van der Waals surface area contributed by atoms with E-state index in [2.05, 4.69) is 5.32 Å². The molecule has 0 radical (unpaired) electrons. The van der Waals surface area contributed by atoms with Crippen molar-refractivity contribution in [3.8, 4) is 0 Å². The number of hydrogen-bond acceptors (Lipinski definition) is 4. The van der Waals surface area contributed by atoms with E-state index in [0.717, 1.165) is 12.1 Å². The Morgan fingerprint density at radius 3 is 2.31 bits per heavy atom. The van der Waals surface area contributed by atoms with Crippen LogP contribution in [0.4, 0.5) is 15.8 Å². The van der Waals surface area contributed by atoms with Crippen LogP contribution >= 0.6 is 23.2 Å². The summed E-state index contributed by atoms with van der Waals surface area (Å²) in [5, 5.41) is 13.5. The summed E-state index contributed by atoms with van der Waals surface area (Å²) in [5.74, 6) is -2.08. The molecule has 0 aliphatic heterocycles. The van der Waals surface area contributed by atoms with Crippen LogP contribution in [0.5, 0.6) is 0 Å². The highest BCUT2D eigenvalue weighted by atomic mass is 35.5. The van der Waals surface area contributed by atoms with Gasteiger partial charge < -0.3 is 5.32 Å². The number of halogens is 3. The van der Waals surface area contributed by atoms with Crippen LogP contribution < -0.4 is 5.32 Å². The van der Waals surface area contributed by atoms with Gasteiger partial charge in [0.05, 0.1) is 16.2 Å². The van der Waals surface area contributed by atoms with E-state index in [1.54, 1.807) is 0 Å². The molecule has 0 heterocycles. The average Bonchev–Trinajstić information content (AvgIpc) is 2.69. The largest absolute Gasteiger partial charge is 0.319 e. The first kappa shape index (κ1) is 20.4. The molecule has 6 nitrogen and oxygen atoms in total. The summed E-state index contributed by atoms with van der Waals surface area (Å²) in [6.07, 6.45) is 0. The molecule has 3 aromatic rings. The van der Waals surface area contributed by atoms with Crippen LogP contribution in [0.25, 0.3) is 0 Å². The van der Waals surface area contributed by atoms with Gasteiger partial charge in [0.1, 0.15) is 10.8 Å². The second-order valence-electron chi connectivity index (χ2n) is 5.88. The van der Waals surface area contributed by atoms with Gasteiger partial charge in [0.25, 0.3) is 11.6 Å². The average molecular weight is 433 g/mol. The quantitative estimate of drug-likeness (QED) is 0.326. The topological polar surface area (TPSA) is 89.3 Å². The first-order valence-electron chi connectivity index (χ1n) is 8.12. The van der Waals surface area contributed by atoms with Gasteiger partial charge in [-0.2, -0.15) is 0 Å². The molecule has 0 aliphatic rings. The van der Waals surface area contributed by atoms with E-state index in [0.29, 0.717) is 0 Å². The molecule has 0 atom stereocenters. The number of carbonyl (C=O) groups is 2. The monoisotopic (exact) mass is 432 g/mol. The standard InChI is InChI=1S/C20H11Cl2FN2O4/c21-12-6-8-17(16(23)10-12)24-20(27)14-4-2-1-3-13(14)19(26)11-5-7-15(22)18(9-11)25(28)29/h1-10H,(H,24,27). The third-order valence-electron chi connectivity index (χ3n) is 4.00. The van der Waals surface area contributed by atoms with Crippen molar-refractivity contribution >= 4 is 46.3 Å². The van der Waals surface area contributed by atoms with Crippen LogP contribution in [0.15, 0.2) is 60.7 Å². The molecular weight excluding hydrogens is 422 g/mol. The maximum absolute atomic E-state index is 14.0. The van der Waals surface area contributed by atoms with Crippen molar-refractivity contribution in [2.24, 2.45) is 0 Å². The minimum absolute atomic E-state index is 0.00371. The predicted molar refractivity (Wildman–Crippen MR) is 107 cm³/mol. The Hall–Kier alpha value is -3.29. The highest BCUT2D eigenvalue weighted by Crippen LogP contribution is 2.27. The summed E-state index contributed by atoms with van der Waals surface area (Å²) in [7, 11) is 0. The number of ketones is 1. The number of amides is 1. The molecule has 0 fully saturated rings. The third-order valence-corrected chi connectivity index (χ3v) is 4.56. The van der Waals surface area contributed by atoms with Crippen LogP contribution in [0.2, 0.25) is 10.0 Å². The Labute approximate surface area is 174 Å². The lowest BCUT2D eigenvalue weighted by atomic mass is 9.97. The zero-order valence-electron chi connectivity index (χ0n) is 14.5. The number of anilines is 1. The van der Waals surface area contributed by atoms with Crippen molar-refractivity contribution in [3.63, 3.8) is 0 Å². The van der Waals surface area contributed by atoms with E-state index in [4.69, 9.17) is 23.2 Å². The number of carbonyl (C=O) groups excluding carboxylic acids is 2. The van der Waals surface area contributed by atoms with Crippen molar-refractivity contribution in [1.29, 1.82) is 0 Å². The molecule has 1 N–H and O–H groups in total. The summed E-state index contributed by atoms with van der Waals surface area (Å²) >= 11 is 11.5. The summed E-state index contributed by atoms with van der Waals surface area (Å²) in [4.78, 5) is 35.9. The Bertz CT molecular complexity index is 1150. The Kier molecular flexibility index (Phi) is 5.91. The number of nitrogens with one attached hydrogen (secondary N) is 1. The van der Waals surface area contributed by atoms with Crippen molar-refractivity contribution in [3.05, 3.63) is 103 Å². The molecule has 0 unspecified atom stereocenters. The second kappa shape index (κ2) is 8.38. The van der Waals surface area contributed by atoms with E-state index < -0.39 is 28.1 Å². The lowest BCUT2D eigenvalue weighted by molar-refractivity contribution is -0.384. The summed E-state index contributed by atoms with van der Waals surface area (Å²) in [5.41, 5.74) is -0.578. The molecule has 29 heavy (non-hydrogen) atoms. The highest BCUT2D eigenvalue weighted by Gasteiger charge is 2.22. The molecule has 0 spiro atoms. The Morgan fingerprint density at radius 2 is 1.66 bits per heavy atom. The van der Waals surface area contributed by atoms with Crippen LogP contribution in [-0.4, -0.2) is 16.6 Å². The molecule has 9 heteroatoms. The van der Waals surface area contributed by atoms with Gasteiger partial charge in [0, 0.05) is 22.2 Å². The summed E-state index contributed by atoms with van der Waals surface area (Å²) in [6.45, 7) is 0. The van der Waals surface area contributed by atoms with Gasteiger partial charge >= 0.3 is 0 Å². The molecule has 3 rings (SSSR count). The van der Waals surface area contributed by atoms with Crippen molar-refractivity contribution in [2.45, 2.75) is 0 Å². The molecule has 0 saturated heterocycles. The van der Waals surface area contributed by atoms with Gasteiger partial charge in [-0.15, -0.1) is 0 Å². The zero-order valence-corrected chi connectivity index (χ0v) is 16.0. The molecule has 3 aromatic carbocycles. The molecule has 0 aromatic heterocycles. The van der Waals surface area contributed by atoms with E-state index in [-0.39, 0.29) is 32.4 Å². The van der Waals surface area contributed by atoms with Gasteiger partial charge in [-0.05, 0) is 36.4 Å². The van der Waals surface area contributed by atoms with Crippen LogP contribution in [0.3, 0.4) is 0 Å². The van der Waals surface area contributed by atoms with Gasteiger partial charge in [0.15, 0.2) is 5.78 Å². The van der Waals surface area contributed by atoms with Crippen molar-refractivity contribution in [2.75, 3.05) is 5.32 Å². The molecule has 146 valence electrons. The van der Waals surface area contributed by atoms with E-state index in [1.165, 1.54) is 48.5 Å². The number of nitro benzene ring substituents is 1. The molecule has 0 bridgehead atoms. The summed E-state index contributed by atoms with van der Waals surface area (Å²) in [6, 6.07) is 13.2. The van der Waals surface area contributed by atoms with Crippen LogP contribution in [0, 0.1) is 15.9 Å². The van der Waals surface area contributed by atoms with E-state index >= 15 is 0 Å². The van der Waals surface area contributed by atoms with Crippen LogP contribution in [0.1, 0.15) is 26.3 Å². The predicted octanol–water partition coefficient (Wildman–Crippen LogP) is 5.52. The van der Waals surface area contributed by atoms with Gasteiger partial charge in [-0.25, -0.2) is 4.39 Å². The lowest BCUT2D eigenvalue weighted by Crippen LogP contribution is -2.17. The van der Waals surface area contributed by atoms with E-state index in [9.17, 15) is 24.1 Å². The lowest BCUT2D eigenvalue weighted by Gasteiger charge is -2.11. The Balaban J connectivity index is 1.96. The van der Waals surface area contributed by atoms with Crippen molar-refractivity contribution in [1.82, 2.24) is 0 Å². The van der Waals surface area contributed by atoms with Crippen molar-refractivity contribution < 1.29 is 18.9 Å². The first-order valence-corrected chi connectivity index (χ1v) is 8.87.